The van der Waals surface area contributed by atoms with Crippen LogP contribution in [0.2, 0.25) is 0 Å². The van der Waals surface area contributed by atoms with Crippen LogP contribution in [0.4, 0.5) is 0 Å². The van der Waals surface area contributed by atoms with Gasteiger partial charge in [0.25, 0.3) is 0 Å². The molecule has 21 heavy (non-hydrogen) atoms. The summed E-state index contributed by atoms with van der Waals surface area (Å²) in [6.45, 7) is 7.42. The Bertz CT molecular complexity index is 500. The van der Waals surface area contributed by atoms with Gasteiger partial charge < -0.3 is 9.47 Å². The van der Waals surface area contributed by atoms with Crippen molar-refractivity contribution in [2.24, 2.45) is 0 Å². The number of carbonyl (C=O) groups is 2. The summed E-state index contributed by atoms with van der Waals surface area (Å²) in [5.74, 6) is 1.93. The number of benzene rings is 1. The first kappa shape index (κ1) is 18.7. The minimum Gasteiger partial charge on any atom is -0.463 e. The molecule has 0 fully saturated rings. The molecule has 1 rings (SSSR count). The van der Waals surface area contributed by atoms with Crippen molar-refractivity contribution in [3.63, 3.8) is 0 Å². The van der Waals surface area contributed by atoms with Crippen LogP contribution >= 0.6 is 0 Å². The van der Waals surface area contributed by atoms with E-state index >= 15 is 0 Å². The van der Waals surface area contributed by atoms with Gasteiger partial charge in [0.1, 0.15) is 0 Å². The molecule has 0 aliphatic carbocycles. The number of ether oxygens (including phenoxy) is 2. The molecule has 0 saturated heterocycles. The number of terminal acetylenes is 1. The molecule has 1 atom stereocenters. The van der Waals surface area contributed by atoms with Crippen LogP contribution in [0.25, 0.3) is 0 Å². The average molecular weight is 290 g/mol. The Labute approximate surface area is 126 Å². The SMILES string of the molecule is C#Cc1cccc(C(=O)OCC)c1.CCC(C)OC(C)=O. The molecule has 4 heteroatoms. The molecule has 0 saturated carbocycles. The van der Waals surface area contributed by atoms with Gasteiger partial charge in [0.2, 0.25) is 0 Å². The Morgan fingerprint density at radius 1 is 1.33 bits per heavy atom. The highest BCUT2D eigenvalue weighted by Crippen LogP contribution is 2.05. The second-order valence-electron chi connectivity index (χ2n) is 4.27. The second-order valence-corrected chi connectivity index (χ2v) is 4.27. The molecular weight excluding hydrogens is 268 g/mol. The van der Waals surface area contributed by atoms with Crippen molar-refractivity contribution in [1.29, 1.82) is 0 Å². The molecule has 1 unspecified atom stereocenters. The standard InChI is InChI=1S/C11H10O2.C6H12O2/c1-3-9-6-5-7-10(8-9)11(12)13-4-2;1-4-5(2)8-6(3)7/h1,5-8H,4H2,2H3;5H,4H2,1-3H3. The first-order valence-electron chi connectivity index (χ1n) is 6.85. The second kappa shape index (κ2) is 10.5. The summed E-state index contributed by atoms with van der Waals surface area (Å²) in [5, 5.41) is 0. The molecule has 114 valence electrons. The lowest BCUT2D eigenvalue weighted by atomic mass is 10.1. The molecule has 0 aromatic heterocycles. The van der Waals surface area contributed by atoms with Crippen molar-refractivity contribution in [2.75, 3.05) is 6.61 Å². The zero-order chi connectivity index (χ0) is 16.3. The summed E-state index contributed by atoms with van der Waals surface area (Å²) in [7, 11) is 0. The Kier molecular flexibility index (Phi) is 9.36. The van der Waals surface area contributed by atoms with Crippen LogP contribution in [0.1, 0.15) is 50.0 Å². The van der Waals surface area contributed by atoms with Gasteiger partial charge in [-0.1, -0.05) is 18.9 Å². The molecule has 0 spiro atoms. The molecule has 0 bridgehead atoms. The molecule has 0 amide bonds. The Morgan fingerprint density at radius 2 is 2.00 bits per heavy atom. The van der Waals surface area contributed by atoms with Crippen molar-refractivity contribution >= 4 is 11.9 Å². The predicted octanol–water partition coefficient (Wildman–Crippen LogP) is 3.19. The molecule has 0 radical (unpaired) electrons. The molecule has 0 heterocycles. The van der Waals surface area contributed by atoms with Crippen molar-refractivity contribution in [1.82, 2.24) is 0 Å². The zero-order valence-corrected chi connectivity index (χ0v) is 13.0. The summed E-state index contributed by atoms with van der Waals surface area (Å²) in [4.78, 5) is 21.4. The van der Waals surface area contributed by atoms with Crippen molar-refractivity contribution in [3.05, 3.63) is 35.4 Å². The Hall–Kier alpha value is -2.28. The molecule has 1 aromatic rings. The van der Waals surface area contributed by atoms with Gasteiger partial charge in [0.15, 0.2) is 0 Å². The summed E-state index contributed by atoms with van der Waals surface area (Å²) in [6.07, 6.45) is 6.16. The largest absolute Gasteiger partial charge is 0.463 e. The third-order valence-corrected chi connectivity index (χ3v) is 2.48. The van der Waals surface area contributed by atoms with Gasteiger partial charge in [0, 0.05) is 12.5 Å². The number of hydrogen-bond donors (Lipinski definition) is 0. The normalized spacial score (nSPS) is 10.4. The van der Waals surface area contributed by atoms with Crippen molar-refractivity contribution < 1.29 is 19.1 Å². The van der Waals surface area contributed by atoms with E-state index < -0.39 is 0 Å². The average Bonchev–Trinajstić information content (AvgIpc) is 2.47. The van der Waals surface area contributed by atoms with Crippen molar-refractivity contribution in [2.45, 2.75) is 40.2 Å². The molecule has 1 aromatic carbocycles. The predicted molar refractivity (Wildman–Crippen MR) is 81.9 cm³/mol. The van der Waals surface area contributed by atoms with E-state index in [9.17, 15) is 9.59 Å². The lowest BCUT2D eigenvalue weighted by molar-refractivity contribution is -0.145. The topological polar surface area (TPSA) is 52.6 Å². The molecular formula is C17H22O4. The van der Waals surface area contributed by atoms with E-state index in [0.717, 1.165) is 6.42 Å². The maximum atomic E-state index is 11.2. The van der Waals surface area contributed by atoms with Gasteiger partial charge in [-0.15, -0.1) is 6.42 Å². The number of hydrogen-bond acceptors (Lipinski definition) is 4. The summed E-state index contributed by atoms with van der Waals surface area (Å²) >= 11 is 0. The van der Waals surface area contributed by atoms with Crippen LogP contribution in [0.3, 0.4) is 0 Å². The third-order valence-electron chi connectivity index (χ3n) is 2.48. The van der Waals surface area contributed by atoms with E-state index in [1.54, 1.807) is 31.2 Å². The lowest BCUT2D eigenvalue weighted by Crippen LogP contribution is -2.09. The van der Waals surface area contributed by atoms with Gasteiger partial charge >= 0.3 is 11.9 Å². The summed E-state index contributed by atoms with van der Waals surface area (Å²) in [5.41, 5.74) is 1.18. The van der Waals surface area contributed by atoms with E-state index in [-0.39, 0.29) is 18.0 Å². The van der Waals surface area contributed by atoms with Crippen LogP contribution in [-0.2, 0) is 14.3 Å². The summed E-state index contributed by atoms with van der Waals surface area (Å²) in [6, 6.07) is 6.82. The van der Waals surface area contributed by atoms with Crippen LogP contribution in [0.15, 0.2) is 24.3 Å². The Balaban J connectivity index is 0.000000433. The number of carbonyl (C=O) groups excluding carboxylic acids is 2. The number of rotatable bonds is 4. The van der Waals surface area contributed by atoms with Gasteiger partial charge in [-0.05, 0) is 38.5 Å². The monoisotopic (exact) mass is 290 g/mol. The van der Waals surface area contributed by atoms with E-state index in [2.05, 4.69) is 5.92 Å². The fourth-order valence-electron chi connectivity index (χ4n) is 1.32. The fourth-order valence-corrected chi connectivity index (χ4v) is 1.32. The van der Waals surface area contributed by atoms with Gasteiger partial charge in [-0.2, -0.15) is 0 Å². The maximum Gasteiger partial charge on any atom is 0.338 e. The van der Waals surface area contributed by atoms with Crippen LogP contribution in [0.5, 0.6) is 0 Å². The Morgan fingerprint density at radius 3 is 2.43 bits per heavy atom. The minimum absolute atomic E-state index is 0.0764. The smallest absolute Gasteiger partial charge is 0.338 e. The first-order chi connectivity index (χ1) is 9.94. The molecule has 0 aliphatic heterocycles. The van der Waals surface area contributed by atoms with Crippen LogP contribution < -0.4 is 0 Å². The van der Waals surface area contributed by atoms with E-state index in [0.29, 0.717) is 17.7 Å². The van der Waals surface area contributed by atoms with Crippen LogP contribution in [-0.4, -0.2) is 24.6 Å². The van der Waals surface area contributed by atoms with E-state index in [1.807, 2.05) is 13.8 Å². The molecule has 0 N–H and O–H groups in total. The molecule has 0 aliphatic rings. The van der Waals surface area contributed by atoms with E-state index in [1.165, 1.54) is 6.92 Å². The van der Waals surface area contributed by atoms with Crippen LogP contribution in [0, 0.1) is 12.3 Å². The first-order valence-corrected chi connectivity index (χ1v) is 6.85. The van der Waals surface area contributed by atoms with Crippen molar-refractivity contribution in [3.8, 4) is 12.3 Å². The highest BCUT2D eigenvalue weighted by molar-refractivity contribution is 5.89. The third kappa shape index (κ3) is 8.48. The minimum atomic E-state index is -0.334. The van der Waals surface area contributed by atoms with E-state index in [4.69, 9.17) is 15.9 Å². The summed E-state index contributed by atoms with van der Waals surface area (Å²) < 4.78 is 9.58. The zero-order valence-electron chi connectivity index (χ0n) is 13.0. The lowest BCUT2D eigenvalue weighted by Gasteiger charge is -2.06. The highest BCUT2D eigenvalue weighted by Gasteiger charge is 2.05. The van der Waals surface area contributed by atoms with Gasteiger partial charge in [-0.3, -0.25) is 4.79 Å². The highest BCUT2D eigenvalue weighted by atomic mass is 16.5. The maximum absolute atomic E-state index is 11.2. The molecule has 4 nitrogen and oxygen atoms in total. The fraction of sp³-hybridized carbons (Fsp3) is 0.412. The van der Waals surface area contributed by atoms with Gasteiger partial charge in [-0.25, -0.2) is 4.79 Å². The quantitative estimate of drug-likeness (QED) is 0.631. The number of esters is 2. The van der Waals surface area contributed by atoms with Gasteiger partial charge in [0.05, 0.1) is 18.3 Å².